The number of ketones is 1. The molecule has 2 heterocycles. The smallest absolute Gasteiger partial charge is 0.180 e. The summed E-state index contributed by atoms with van der Waals surface area (Å²) >= 11 is 8.29. The Hall–Kier alpha value is -0.780. The molecule has 2 rings (SSSR count). The van der Waals surface area contributed by atoms with Crippen molar-refractivity contribution >= 4 is 40.4 Å². The molecule has 0 unspecified atom stereocenters. The quantitative estimate of drug-likeness (QED) is 0.780. The van der Waals surface area contributed by atoms with Gasteiger partial charge < -0.3 is 0 Å². The predicted octanol–water partition coefficient (Wildman–Crippen LogP) is 2.68. The summed E-state index contributed by atoms with van der Waals surface area (Å²) in [6.45, 7) is 0. The van der Waals surface area contributed by atoms with Crippen molar-refractivity contribution in [1.82, 2.24) is 8.75 Å². The van der Waals surface area contributed by atoms with Crippen molar-refractivity contribution in [3.63, 3.8) is 0 Å². The molecule has 0 saturated carbocycles. The van der Waals surface area contributed by atoms with Crippen molar-refractivity contribution in [2.75, 3.05) is 0 Å². The van der Waals surface area contributed by atoms with Crippen molar-refractivity contribution in [3.05, 3.63) is 33.2 Å². The van der Waals surface area contributed by atoms with Gasteiger partial charge in [0.05, 0.1) is 39.9 Å². The molecule has 0 aliphatic rings. The zero-order chi connectivity index (χ0) is 9.97. The second-order valence-electron chi connectivity index (χ2n) is 2.60. The maximum atomic E-state index is 11.7. The maximum absolute atomic E-state index is 11.7. The van der Waals surface area contributed by atoms with Crippen LogP contribution in [0.25, 0.3) is 0 Å². The Morgan fingerprint density at radius 3 is 3.00 bits per heavy atom. The Labute approximate surface area is 93.7 Å². The number of carbonyl (C=O) groups excluding carboxylic acids is 1. The van der Waals surface area contributed by atoms with Crippen LogP contribution in [0.3, 0.4) is 0 Å². The number of halogens is 1. The first-order valence-electron chi connectivity index (χ1n) is 3.80. The lowest BCUT2D eigenvalue weighted by molar-refractivity contribution is 0.0996. The molecule has 6 heteroatoms. The summed E-state index contributed by atoms with van der Waals surface area (Å²) in [5, 5.41) is 2.32. The zero-order valence-corrected chi connectivity index (χ0v) is 9.33. The number of thiophene rings is 1. The summed E-state index contributed by atoms with van der Waals surface area (Å²) in [6.07, 6.45) is 1.88. The molecule has 3 nitrogen and oxygen atoms in total. The lowest BCUT2D eigenvalue weighted by Crippen LogP contribution is -2.01. The van der Waals surface area contributed by atoms with Crippen LogP contribution in [0.2, 0.25) is 5.02 Å². The number of hydrogen-bond acceptors (Lipinski definition) is 5. The maximum Gasteiger partial charge on any atom is 0.180 e. The van der Waals surface area contributed by atoms with E-state index in [0.717, 1.165) is 11.7 Å². The van der Waals surface area contributed by atoms with Crippen LogP contribution in [0.4, 0.5) is 0 Å². The molecule has 2 aromatic heterocycles. The van der Waals surface area contributed by atoms with Crippen LogP contribution in [-0.2, 0) is 6.42 Å². The van der Waals surface area contributed by atoms with Gasteiger partial charge >= 0.3 is 0 Å². The summed E-state index contributed by atoms with van der Waals surface area (Å²) in [5.41, 5.74) is 0.699. The minimum Gasteiger partial charge on any atom is -0.293 e. The van der Waals surface area contributed by atoms with Crippen LogP contribution in [0.5, 0.6) is 0 Å². The second kappa shape index (κ2) is 4.16. The van der Waals surface area contributed by atoms with Crippen LogP contribution in [0, 0.1) is 0 Å². The highest BCUT2D eigenvalue weighted by Crippen LogP contribution is 2.23. The van der Waals surface area contributed by atoms with Gasteiger partial charge in [0, 0.05) is 0 Å². The number of rotatable bonds is 3. The predicted molar refractivity (Wildman–Crippen MR) is 57.3 cm³/mol. The van der Waals surface area contributed by atoms with Gasteiger partial charge in [0.2, 0.25) is 0 Å². The van der Waals surface area contributed by atoms with Crippen LogP contribution in [0.1, 0.15) is 15.4 Å². The first-order chi connectivity index (χ1) is 6.77. The van der Waals surface area contributed by atoms with Crippen molar-refractivity contribution in [2.45, 2.75) is 6.42 Å². The SMILES string of the molecule is O=C(Cc1cnsn1)c1sccc1Cl. The molecular formula is C8H5ClN2OS2. The van der Waals surface area contributed by atoms with Gasteiger partial charge in [-0.25, -0.2) is 0 Å². The monoisotopic (exact) mass is 244 g/mol. The summed E-state index contributed by atoms with van der Waals surface area (Å²) in [7, 11) is 0. The lowest BCUT2D eigenvalue weighted by atomic mass is 10.2. The number of hydrogen-bond donors (Lipinski definition) is 0. The Morgan fingerprint density at radius 1 is 1.57 bits per heavy atom. The Morgan fingerprint density at radius 2 is 2.43 bits per heavy atom. The molecule has 0 aliphatic heterocycles. The van der Waals surface area contributed by atoms with E-state index in [9.17, 15) is 4.79 Å². The van der Waals surface area contributed by atoms with Gasteiger partial charge in [0.1, 0.15) is 0 Å². The average Bonchev–Trinajstić information content (AvgIpc) is 2.75. The second-order valence-corrected chi connectivity index (χ2v) is 4.48. The Kier molecular flexibility index (Phi) is 2.90. The number of nitrogens with zero attached hydrogens (tertiary/aromatic N) is 2. The third kappa shape index (κ3) is 2.00. The summed E-state index contributed by atoms with van der Waals surface area (Å²) < 4.78 is 7.79. The van der Waals surface area contributed by atoms with Crippen molar-refractivity contribution in [1.29, 1.82) is 0 Å². The first-order valence-corrected chi connectivity index (χ1v) is 5.79. The third-order valence-corrected chi connectivity index (χ3v) is 3.52. The van der Waals surface area contributed by atoms with E-state index in [1.165, 1.54) is 11.3 Å². The van der Waals surface area contributed by atoms with Gasteiger partial charge in [-0.2, -0.15) is 8.75 Å². The fraction of sp³-hybridized carbons (Fsp3) is 0.125. The molecule has 0 amide bonds. The van der Waals surface area contributed by atoms with E-state index in [0.29, 0.717) is 15.6 Å². The standard InChI is InChI=1S/C8H5ClN2OS2/c9-6-1-2-13-8(6)7(12)3-5-4-10-14-11-5/h1-2,4H,3H2. The fourth-order valence-corrected chi connectivity index (χ4v) is 2.53. The molecule has 14 heavy (non-hydrogen) atoms. The summed E-state index contributed by atoms with van der Waals surface area (Å²) in [5.74, 6) is -0.00213. The highest BCUT2D eigenvalue weighted by atomic mass is 35.5. The zero-order valence-electron chi connectivity index (χ0n) is 6.94. The van der Waals surface area contributed by atoms with Gasteiger partial charge in [-0.1, -0.05) is 11.6 Å². The van der Waals surface area contributed by atoms with E-state index < -0.39 is 0 Å². The van der Waals surface area contributed by atoms with Gasteiger partial charge in [0.15, 0.2) is 5.78 Å². The highest BCUT2D eigenvalue weighted by Gasteiger charge is 2.13. The number of carbonyl (C=O) groups is 1. The topological polar surface area (TPSA) is 42.9 Å². The fourth-order valence-electron chi connectivity index (χ4n) is 0.999. The molecule has 0 saturated heterocycles. The van der Waals surface area contributed by atoms with Gasteiger partial charge in [-0.05, 0) is 11.4 Å². The van der Waals surface area contributed by atoms with Gasteiger partial charge in [-0.15, -0.1) is 11.3 Å². The largest absolute Gasteiger partial charge is 0.293 e. The van der Waals surface area contributed by atoms with E-state index in [4.69, 9.17) is 11.6 Å². The molecule has 2 aromatic rings. The normalized spacial score (nSPS) is 10.4. The van der Waals surface area contributed by atoms with Crippen LogP contribution in [-0.4, -0.2) is 14.5 Å². The Balaban J connectivity index is 2.14. The minimum absolute atomic E-state index is 0.00213. The van der Waals surface area contributed by atoms with Crippen molar-refractivity contribution < 1.29 is 4.79 Å². The molecule has 0 atom stereocenters. The van der Waals surface area contributed by atoms with E-state index in [2.05, 4.69) is 8.75 Å². The van der Waals surface area contributed by atoms with Crippen molar-refractivity contribution in [3.8, 4) is 0 Å². The van der Waals surface area contributed by atoms with Crippen LogP contribution < -0.4 is 0 Å². The first kappa shape index (κ1) is 9.76. The van der Waals surface area contributed by atoms with E-state index in [1.54, 1.807) is 17.6 Å². The molecular weight excluding hydrogens is 240 g/mol. The molecule has 0 radical (unpaired) electrons. The number of Topliss-reactive ketones (excluding diaryl/α,β-unsaturated/α-hetero) is 1. The average molecular weight is 245 g/mol. The van der Waals surface area contributed by atoms with Gasteiger partial charge in [0.25, 0.3) is 0 Å². The Bertz CT molecular complexity index is 438. The molecule has 0 N–H and O–H groups in total. The van der Waals surface area contributed by atoms with E-state index >= 15 is 0 Å². The van der Waals surface area contributed by atoms with Crippen molar-refractivity contribution in [2.24, 2.45) is 0 Å². The summed E-state index contributed by atoms with van der Waals surface area (Å²) in [4.78, 5) is 12.3. The molecule has 0 fully saturated rings. The van der Waals surface area contributed by atoms with Crippen LogP contribution in [0.15, 0.2) is 17.6 Å². The lowest BCUT2D eigenvalue weighted by Gasteiger charge is -1.94. The van der Waals surface area contributed by atoms with E-state index in [-0.39, 0.29) is 12.2 Å². The minimum atomic E-state index is -0.00213. The van der Waals surface area contributed by atoms with E-state index in [1.807, 2.05) is 0 Å². The van der Waals surface area contributed by atoms with Crippen LogP contribution >= 0.6 is 34.7 Å². The molecule has 0 aromatic carbocycles. The highest BCUT2D eigenvalue weighted by molar-refractivity contribution is 7.12. The molecule has 0 bridgehead atoms. The number of aromatic nitrogens is 2. The van der Waals surface area contributed by atoms with Gasteiger partial charge in [-0.3, -0.25) is 4.79 Å². The molecule has 0 spiro atoms. The molecule has 0 aliphatic carbocycles. The summed E-state index contributed by atoms with van der Waals surface area (Å²) in [6, 6.07) is 1.72. The molecule has 72 valence electrons. The third-order valence-electron chi connectivity index (χ3n) is 1.62.